The lowest BCUT2D eigenvalue weighted by molar-refractivity contribution is -0.137. The number of aliphatic carboxylic acids is 1. The van der Waals surface area contributed by atoms with Gasteiger partial charge in [0.15, 0.2) is 17.4 Å². The first-order valence-electron chi connectivity index (χ1n) is 5.49. The van der Waals surface area contributed by atoms with Crippen LogP contribution in [0.1, 0.15) is 0 Å². The summed E-state index contributed by atoms with van der Waals surface area (Å²) in [6.07, 6.45) is 1.18. The van der Waals surface area contributed by atoms with Crippen LogP contribution >= 0.6 is 0 Å². The highest BCUT2D eigenvalue weighted by atomic mass is 19.1. The molecule has 0 aliphatic heterocycles. The van der Waals surface area contributed by atoms with Crippen LogP contribution < -0.4 is 5.56 Å². The maximum absolute atomic E-state index is 13.3. The molecule has 0 bridgehead atoms. The topological polar surface area (TPSA) is 79.5 Å². The smallest absolute Gasteiger partial charge is 0.323 e. The van der Waals surface area contributed by atoms with Crippen LogP contribution in [0.2, 0.25) is 0 Å². The second-order valence-corrected chi connectivity index (χ2v) is 4.07. The van der Waals surface area contributed by atoms with Gasteiger partial charge < -0.3 is 14.8 Å². The van der Waals surface area contributed by atoms with Crippen molar-refractivity contribution in [3.8, 4) is 16.9 Å². The van der Waals surface area contributed by atoms with Gasteiger partial charge >= 0.3 is 5.97 Å². The predicted molar refractivity (Wildman–Crippen MR) is 65.4 cm³/mol. The van der Waals surface area contributed by atoms with Gasteiger partial charge in [0.25, 0.3) is 5.56 Å². The van der Waals surface area contributed by atoms with Gasteiger partial charge in [0.2, 0.25) is 0 Å². The third-order valence-electron chi connectivity index (χ3n) is 2.64. The molecule has 0 spiro atoms. The molecule has 1 heterocycles. The maximum atomic E-state index is 13.3. The van der Waals surface area contributed by atoms with Crippen LogP contribution in [0.4, 0.5) is 8.78 Å². The van der Waals surface area contributed by atoms with E-state index in [2.05, 4.69) is 0 Å². The van der Waals surface area contributed by atoms with E-state index in [1.807, 2.05) is 0 Å². The second kappa shape index (κ2) is 5.12. The van der Waals surface area contributed by atoms with E-state index in [1.165, 1.54) is 12.3 Å². The molecular weight excluding hydrogens is 272 g/mol. The summed E-state index contributed by atoms with van der Waals surface area (Å²) in [7, 11) is 0. The van der Waals surface area contributed by atoms with Gasteiger partial charge in [-0.25, -0.2) is 8.78 Å². The van der Waals surface area contributed by atoms with E-state index in [0.717, 1.165) is 22.8 Å². The van der Waals surface area contributed by atoms with Crippen molar-refractivity contribution in [3.63, 3.8) is 0 Å². The number of hydrogen-bond donors (Lipinski definition) is 2. The van der Waals surface area contributed by atoms with Crippen molar-refractivity contribution in [2.75, 3.05) is 0 Å². The molecule has 1 aromatic carbocycles. The molecule has 2 N–H and O–H groups in total. The number of phenols is 1. The number of aromatic hydroxyl groups is 1. The molecule has 0 atom stereocenters. The molecule has 0 saturated heterocycles. The molecule has 2 rings (SSSR count). The van der Waals surface area contributed by atoms with E-state index in [0.29, 0.717) is 0 Å². The summed E-state index contributed by atoms with van der Waals surface area (Å²) in [5, 5.41) is 17.7. The van der Waals surface area contributed by atoms with Crippen molar-refractivity contribution in [2.24, 2.45) is 0 Å². The largest absolute Gasteiger partial charge is 0.503 e. The molecular formula is C13H9F2NO4. The molecule has 0 aliphatic rings. The minimum absolute atomic E-state index is 0.0805. The molecule has 0 unspecified atom stereocenters. The first-order chi connectivity index (χ1) is 9.38. The summed E-state index contributed by atoms with van der Waals surface area (Å²) < 4.78 is 27.4. The summed E-state index contributed by atoms with van der Waals surface area (Å²) in [5.41, 5.74) is -0.212. The fraction of sp³-hybridized carbons (Fsp3) is 0.0769. The summed E-state index contributed by atoms with van der Waals surface area (Å²) in [4.78, 5) is 22.0. The van der Waals surface area contributed by atoms with Crippen molar-refractivity contribution in [1.29, 1.82) is 0 Å². The van der Waals surface area contributed by atoms with Crippen LogP contribution in [0.5, 0.6) is 5.75 Å². The zero-order chi connectivity index (χ0) is 14.9. The number of benzene rings is 1. The van der Waals surface area contributed by atoms with Gasteiger partial charge in [-0.3, -0.25) is 9.59 Å². The average molecular weight is 281 g/mol. The number of aromatic nitrogens is 1. The minimum atomic E-state index is -1.22. The van der Waals surface area contributed by atoms with Gasteiger partial charge in [-0.15, -0.1) is 0 Å². The molecule has 5 nitrogen and oxygen atoms in total. The minimum Gasteiger partial charge on any atom is -0.503 e. The van der Waals surface area contributed by atoms with Crippen LogP contribution in [-0.2, 0) is 11.3 Å². The Hall–Kier alpha value is -2.70. The van der Waals surface area contributed by atoms with Crippen molar-refractivity contribution in [3.05, 3.63) is 52.5 Å². The molecule has 1 aromatic heterocycles. The molecule has 2 aromatic rings. The fourth-order valence-corrected chi connectivity index (χ4v) is 1.70. The van der Waals surface area contributed by atoms with Crippen molar-refractivity contribution in [1.82, 2.24) is 4.57 Å². The van der Waals surface area contributed by atoms with Gasteiger partial charge in [-0.2, -0.15) is 0 Å². The molecule has 0 radical (unpaired) electrons. The summed E-state index contributed by atoms with van der Waals surface area (Å²) in [6, 6.07) is 4.19. The van der Waals surface area contributed by atoms with Gasteiger partial charge in [-0.05, 0) is 29.3 Å². The first-order valence-corrected chi connectivity index (χ1v) is 5.49. The molecule has 0 saturated carbocycles. The van der Waals surface area contributed by atoms with E-state index in [1.54, 1.807) is 0 Å². The molecule has 0 amide bonds. The number of hydrogen-bond acceptors (Lipinski definition) is 3. The zero-order valence-electron chi connectivity index (χ0n) is 10.0. The van der Waals surface area contributed by atoms with Crippen LogP contribution in [0.3, 0.4) is 0 Å². The van der Waals surface area contributed by atoms with Gasteiger partial charge in [0.1, 0.15) is 6.54 Å². The highest BCUT2D eigenvalue weighted by molar-refractivity contribution is 5.67. The van der Waals surface area contributed by atoms with E-state index in [9.17, 15) is 18.4 Å². The number of carboxylic acid groups (broad SMARTS) is 1. The monoisotopic (exact) mass is 281 g/mol. The molecule has 7 heteroatoms. The third kappa shape index (κ3) is 2.66. The number of phenolic OH excluding ortho intramolecular Hbond substituents is 1. The summed E-state index contributed by atoms with van der Waals surface area (Å²) in [6.45, 7) is -0.560. The highest BCUT2D eigenvalue weighted by Crippen LogP contribution is 2.27. The Morgan fingerprint density at radius 1 is 1.15 bits per heavy atom. The number of carboxylic acids is 1. The van der Waals surface area contributed by atoms with Crippen molar-refractivity contribution in [2.45, 2.75) is 6.54 Å². The number of halogens is 2. The van der Waals surface area contributed by atoms with E-state index >= 15 is 0 Å². The Bertz CT molecular complexity index is 716. The van der Waals surface area contributed by atoms with Crippen LogP contribution in [-0.4, -0.2) is 20.7 Å². The van der Waals surface area contributed by atoms with Crippen molar-refractivity contribution < 1.29 is 23.8 Å². The number of rotatable bonds is 3. The Kier molecular flexibility index (Phi) is 3.51. The van der Waals surface area contributed by atoms with Gasteiger partial charge in [-0.1, -0.05) is 0 Å². The van der Waals surface area contributed by atoms with Gasteiger partial charge in [0.05, 0.1) is 0 Å². The highest BCUT2D eigenvalue weighted by Gasteiger charge is 2.12. The Labute approximate surface area is 111 Å². The summed E-state index contributed by atoms with van der Waals surface area (Å²) in [5.74, 6) is -4.59. The molecule has 0 aliphatic carbocycles. The average Bonchev–Trinajstić information content (AvgIpc) is 2.37. The second-order valence-electron chi connectivity index (χ2n) is 4.07. The molecule has 104 valence electrons. The third-order valence-corrected chi connectivity index (χ3v) is 2.64. The zero-order valence-corrected chi connectivity index (χ0v) is 10.0. The lowest BCUT2D eigenvalue weighted by Gasteiger charge is -2.07. The van der Waals surface area contributed by atoms with Crippen molar-refractivity contribution >= 4 is 5.97 Å². The lowest BCUT2D eigenvalue weighted by Crippen LogP contribution is -2.22. The Morgan fingerprint density at radius 2 is 1.75 bits per heavy atom. The fourth-order valence-electron chi connectivity index (χ4n) is 1.70. The number of carbonyl (C=O) groups is 1. The van der Waals surface area contributed by atoms with Crippen LogP contribution in [0, 0.1) is 11.6 Å². The van der Waals surface area contributed by atoms with Crippen LogP contribution in [0.25, 0.3) is 11.1 Å². The Morgan fingerprint density at radius 3 is 2.30 bits per heavy atom. The van der Waals surface area contributed by atoms with E-state index in [4.69, 9.17) is 10.2 Å². The number of nitrogens with zero attached hydrogens (tertiary/aromatic N) is 1. The maximum Gasteiger partial charge on any atom is 0.323 e. The van der Waals surface area contributed by atoms with Crippen LogP contribution in [0.15, 0.2) is 35.3 Å². The number of pyridine rings is 1. The first kappa shape index (κ1) is 13.7. The van der Waals surface area contributed by atoms with E-state index in [-0.39, 0.29) is 11.1 Å². The predicted octanol–water partition coefficient (Wildman–Crippen LogP) is 1.58. The normalized spacial score (nSPS) is 10.5. The van der Waals surface area contributed by atoms with E-state index < -0.39 is 35.5 Å². The molecule has 20 heavy (non-hydrogen) atoms. The SMILES string of the molecule is O=C(O)Cn1cc(-c2cc(F)c(O)c(F)c2)ccc1=O. The molecule has 0 fully saturated rings. The van der Waals surface area contributed by atoms with Gasteiger partial charge in [0, 0.05) is 12.3 Å². The quantitative estimate of drug-likeness (QED) is 0.895. The standard InChI is InChI=1S/C13H9F2NO4/c14-9-3-8(4-10(15)13(9)20)7-1-2-11(17)16(5-7)6-12(18)19/h1-5,20H,6H2,(H,18,19). The Balaban J connectivity index is 2.53. The summed E-state index contributed by atoms with van der Waals surface area (Å²) >= 11 is 0. The lowest BCUT2D eigenvalue weighted by atomic mass is 10.1.